The lowest BCUT2D eigenvalue weighted by Crippen LogP contribution is -2.04. The van der Waals surface area contributed by atoms with Crippen LogP contribution in [0, 0.1) is 5.82 Å². The van der Waals surface area contributed by atoms with Crippen LogP contribution in [0.2, 0.25) is 0 Å². The van der Waals surface area contributed by atoms with Gasteiger partial charge in [-0.3, -0.25) is 0 Å². The number of halogens is 1. The Hall–Kier alpha value is -3.27. The largest absolute Gasteiger partial charge is 0.465 e. The Morgan fingerprint density at radius 1 is 0.960 bits per heavy atom. The van der Waals surface area contributed by atoms with E-state index < -0.39 is 5.97 Å². The summed E-state index contributed by atoms with van der Waals surface area (Å²) in [6.07, 6.45) is 0. The number of benzene rings is 3. The Bertz CT molecular complexity index is 1100. The molecule has 0 fully saturated rings. The van der Waals surface area contributed by atoms with Gasteiger partial charge in [-0.1, -0.05) is 36.4 Å². The van der Waals surface area contributed by atoms with Crippen LogP contribution in [0.4, 0.5) is 4.39 Å². The minimum atomic E-state index is -0.425. The van der Waals surface area contributed by atoms with E-state index in [1.165, 1.54) is 19.2 Å². The van der Waals surface area contributed by atoms with Crippen LogP contribution in [0.25, 0.3) is 32.9 Å². The normalized spacial score (nSPS) is 11.0. The van der Waals surface area contributed by atoms with Crippen molar-refractivity contribution in [2.24, 2.45) is 0 Å². The summed E-state index contributed by atoms with van der Waals surface area (Å²) in [5.41, 5.74) is 2.50. The van der Waals surface area contributed by atoms with Crippen LogP contribution in [-0.2, 0) is 4.74 Å². The van der Waals surface area contributed by atoms with Gasteiger partial charge in [0.1, 0.15) is 5.82 Å². The summed E-state index contributed by atoms with van der Waals surface area (Å²) in [4.78, 5) is 17.0. The molecule has 4 aromatic rings. The smallest absolute Gasteiger partial charge is 0.338 e. The van der Waals surface area contributed by atoms with Crippen molar-refractivity contribution < 1.29 is 13.9 Å². The van der Waals surface area contributed by atoms with Crippen molar-refractivity contribution in [3.8, 4) is 11.3 Å². The zero-order chi connectivity index (χ0) is 17.4. The maximum atomic E-state index is 13.2. The van der Waals surface area contributed by atoms with Crippen LogP contribution in [0.1, 0.15) is 10.4 Å². The lowest BCUT2D eigenvalue weighted by Gasteiger charge is -2.11. The number of rotatable bonds is 2. The van der Waals surface area contributed by atoms with Gasteiger partial charge in [-0.15, -0.1) is 0 Å². The van der Waals surface area contributed by atoms with E-state index in [1.807, 2.05) is 36.4 Å². The molecule has 0 atom stereocenters. The molecule has 0 saturated carbocycles. The molecule has 25 heavy (non-hydrogen) atoms. The minimum absolute atomic E-state index is 0.316. The molecular formula is C21H14FNO2. The molecule has 1 heterocycles. The van der Waals surface area contributed by atoms with Gasteiger partial charge in [0, 0.05) is 16.3 Å². The van der Waals surface area contributed by atoms with Crippen LogP contribution >= 0.6 is 0 Å². The first kappa shape index (κ1) is 15.3. The average molecular weight is 331 g/mol. The molecule has 0 aliphatic carbocycles. The fourth-order valence-corrected chi connectivity index (χ4v) is 3.01. The number of carbonyl (C=O) groups excluding carboxylic acids is 1. The molecule has 0 aliphatic rings. The number of nitrogens with zero attached hydrogens (tertiary/aromatic N) is 1. The third kappa shape index (κ3) is 2.62. The van der Waals surface area contributed by atoms with E-state index in [0.29, 0.717) is 11.3 Å². The second-order valence-electron chi connectivity index (χ2n) is 5.74. The average Bonchev–Trinajstić information content (AvgIpc) is 2.67. The van der Waals surface area contributed by atoms with Gasteiger partial charge in [0.25, 0.3) is 0 Å². The summed E-state index contributed by atoms with van der Waals surface area (Å²) in [7, 11) is 1.35. The lowest BCUT2D eigenvalue weighted by molar-refractivity contribution is 0.0603. The van der Waals surface area contributed by atoms with E-state index in [2.05, 4.69) is 0 Å². The van der Waals surface area contributed by atoms with Crippen LogP contribution in [0.15, 0.2) is 66.7 Å². The molecule has 0 spiro atoms. The summed E-state index contributed by atoms with van der Waals surface area (Å²) in [5, 5.41) is 2.72. The van der Waals surface area contributed by atoms with Crippen LogP contribution in [0.3, 0.4) is 0 Å². The van der Waals surface area contributed by atoms with E-state index in [-0.39, 0.29) is 5.82 Å². The van der Waals surface area contributed by atoms with Gasteiger partial charge in [0.05, 0.1) is 23.9 Å². The van der Waals surface area contributed by atoms with Crippen molar-refractivity contribution in [2.75, 3.05) is 7.11 Å². The number of hydrogen-bond acceptors (Lipinski definition) is 3. The van der Waals surface area contributed by atoms with Gasteiger partial charge in [0.2, 0.25) is 0 Å². The van der Waals surface area contributed by atoms with Crippen molar-refractivity contribution in [1.29, 1.82) is 0 Å². The number of pyridine rings is 1. The molecule has 4 heteroatoms. The van der Waals surface area contributed by atoms with Gasteiger partial charge < -0.3 is 4.74 Å². The predicted octanol–water partition coefficient (Wildman–Crippen LogP) is 4.98. The summed E-state index contributed by atoms with van der Waals surface area (Å²) in [6.45, 7) is 0. The van der Waals surface area contributed by atoms with Gasteiger partial charge in [-0.2, -0.15) is 0 Å². The first-order chi connectivity index (χ1) is 12.2. The highest BCUT2D eigenvalue weighted by atomic mass is 19.1. The molecule has 122 valence electrons. The molecule has 0 bridgehead atoms. The third-order valence-corrected chi connectivity index (χ3v) is 4.25. The van der Waals surface area contributed by atoms with E-state index in [1.54, 1.807) is 18.2 Å². The Balaban J connectivity index is 2.09. The Labute approximate surface area is 143 Å². The first-order valence-electron chi connectivity index (χ1n) is 7.84. The molecule has 3 aromatic carbocycles. The highest BCUT2D eigenvalue weighted by Gasteiger charge is 2.16. The number of methoxy groups -OCH3 is 1. The number of carbonyl (C=O) groups is 1. The third-order valence-electron chi connectivity index (χ3n) is 4.25. The van der Waals surface area contributed by atoms with Crippen molar-refractivity contribution in [1.82, 2.24) is 4.98 Å². The molecule has 0 aliphatic heterocycles. The second-order valence-corrected chi connectivity index (χ2v) is 5.74. The predicted molar refractivity (Wildman–Crippen MR) is 96.0 cm³/mol. The molecule has 1 aromatic heterocycles. The monoisotopic (exact) mass is 331 g/mol. The molecule has 3 nitrogen and oxygen atoms in total. The SMILES string of the molecule is COC(=O)c1cc(-c2ccc(F)cc2)nc2c1ccc1ccccc12. The van der Waals surface area contributed by atoms with Gasteiger partial charge in [-0.05, 0) is 35.7 Å². The van der Waals surface area contributed by atoms with Gasteiger partial charge in [-0.25, -0.2) is 14.2 Å². The number of hydrogen-bond donors (Lipinski definition) is 0. The lowest BCUT2D eigenvalue weighted by atomic mass is 10.00. The molecule has 0 unspecified atom stereocenters. The summed E-state index contributed by atoms with van der Waals surface area (Å²) in [6, 6.07) is 19.4. The molecular weight excluding hydrogens is 317 g/mol. The highest BCUT2D eigenvalue weighted by molar-refractivity contribution is 6.13. The summed E-state index contributed by atoms with van der Waals surface area (Å²) in [5.74, 6) is -0.741. The molecule has 0 N–H and O–H groups in total. The van der Waals surface area contributed by atoms with Crippen molar-refractivity contribution in [3.05, 3.63) is 78.1 Å². The standard InChI is InChI=1S/C21H14FNO2/c1-25-21(24)18-12-19(14-6-9-15(22)10-7-14)23-20-16-5-3-2-4-13(16)8-11-17(18)20/h2-12H,1H3. The fourth-order valence-electron chi connectivity index (χ4n) is 3.01. The topological polar surface area (TPSA) is 39.2 Å². The summed E-state index contributed by atoms with van der Waals surface area (Å²) >= 11 is 0. The Morgan fingerprint density at radius 2 is 1.72 bits per heavy atom. The van der Waals surface area contributed by atoms with Crippen molar-refractivity contribution in [3.63, 3.8) is 0 Å². The maximum Gasteiger partial charge on any atom is 0.338 e. The second kappa shape index (κ2) is 5.98. The van der Waals surface area contributed by atoms with Crippen molar-refractivity contribution >= 4 is 27.6 Å². The maximum absolute atomic E-state index is 13.2. The van der Waals surface area contributed by atoms with Gasteiger partial charge >= 0.3 is 5.97 Å². The van der Waals surface area contributed by atoms with E-state index in [0.717, 1.165) is 27.2 Å². The van der Waals surface area contributed by atoms with Crippen molar-refractivity contribution in [2.45, 2.75) is 0 Å². The zero-order valence-electron chi connectivity index (χ0n) is 13.5. The number of ether oxygens (including phenoxy) is 1. The van der Waals surface area contributed by atoms with Crippen LogP contribution < -0.4 is 0 Å². The van der Waals surface area contributed by atoms with E-state index in [9.17, 15) is 9.18 Å². The summed E-state index contributed by atoms with van der Waals surface area (Å²) < 4.78 is 18.2. The van der Waals surface area contributed by atoms with Crippen LogP contribution in [-0.4, -0.2) is 18.1 Å². The zero-order valence-corrected chi connectivity index (χ0v) is 13.5. The molecule has 0 saturated heterocycles. The quantitative estimate of drug-likeness (QED) is 0.384. The van der Waals surface area contributed by atoms with Gasteiger partial charge in [0.15, 0.2) is 0 Å². The van der Waals surface area contributed by atoms with E-state index in [4.69, 9.17) is 9.72 Å². The Kier molecular flexibility index (Phi) is 3.65. The molecule has 0 amide bonds. The molecule has 0 radical (unpaired) electrons. The number of esters is 1. The molecule has 4 rings (SSSR count). The minimum Gasteiger partial charge on any atom is -0.465 e. The highest BCUT2D eigenvalue weighted by Crippen LogP contribution is 2.30. The number of aromatic nitrogens is 1. The fraction of sp³-hybridized carbons (Fsp3) is 0.0476. The number of fused-ring (bicyclic) bond motifs is 3. The van der Waals surface area contributed by atoms with E-state index >= 15 is 0 Å². The first-order valence-corrected chi connectivity index (χ1v) is 7.84. The Morgan fingerprint density at radius 3 is 2.48 bits per heavy atom. The van der Waals surface area contributed by atoms with Crippen LogP contribution in [0.5, 0.6) is 0 Å².